The third kappa shape index (κ3) is 0.994. The molecule has 0 N–H and O–H groups in total. The van der Waals surface area contributed by atoms with Crippen LogP contribution in [0.2, 0.25) is 0 Å². The average Bonchev–Trinajstić information content (AvgIpc) is 2.45. The van der Waals surface area contributed by atoms with Crippen molar-refractivity contribution in [1.29, 1.82) is 5.26 Å². The third-order valence-electron chi connectivity index (χ3n) is 1.95. The molecule has 1 aromatic heterocycles. The predicted molar refractivity (Wildman–Crippen MR) is 45.6 cm³/mol. The summed E-state index contributed by atoms with van der Waals surface area (Å²) in [5.41, 5.74) is 1.29. The van der Waals surface area contributed by atoms with Gasteiger partial charge in [0.2, 0.25) is 5.76 Å². The van der Waals surface area contributed by atoms with E-state index >= 15 is 0 Å². The van der Waals surface area contributed by atoms with Gasteiger partial charge in [-0.05, 0) is 18.6 Å². The number of nitrogens with zero attached hydrogens (tertiary/aromatic N) is 1. The molecule has 13 heavy (non-hydrogen) atoms. The van der Waals surface area contributed by atoms with E-state index in [9.17, 15) is 4.39 Å². The molecule has 0 saturated heterocycles. The second-order valence-electron chi connectivity index (χ2n) is 2.81. The zero-order valence-corrected chi connectivity index (χ0v) is 6.97. The Labute approximate surface area is 74.2 Å². The monoisotopic (exact) mass is 175 g/mol. The van der Waals surface area contributed by atoms with Crippen molar-refractivity contribution >= 4 is 11.0 Å². The summed E-state index contributed by atoms with van der Waals surface area (Å²) < 4.78 is 18.3. The van der Waals surface area contributed by atoms with Crippen LogP contribution in [-0.2, 0) is 0 Å². The highest BCUT2D eigenvalue weighted by molar-refractivity contribution is 5.82. The van der Waals surface area contributed by atoms with Crippen molar-refractivity contribution in [3.63, 3.8) is 0 Å². The minimum Gasteiger partial charge on any atom is -0.442 e. The Balaban J connectivity index is 2.94. The lowest BCUT2D eigenvalue weighted by molar-refractivity contribution is 0.542. The lowest BCUT2D eigenvalue weighted by Crippen LogP contribution is -1.74. The first kappa shape index (κ1) is 7.81. The fraction of sp³-hybridized carbons (Fsp3) is 0.100. The molecule has 2 rings (SSSR count). The number of nitriles is 1. The number of hydrogen-bond acceptors (Lipinski definition) is 2. The molecule has 1 aromatic carbocycles. The van der Waals surface area contributed by atoms with Crippen molar-refractivity contribution in [2.45, 2.75) is 6.92 Å². The molecule has 64 valence electrons. The van der Waals surface area contributed by atoms with Crippen LogP contribution in [0.25, 0.3) is 11.0 Å². The van der Waals surface area contributed by atoms with Gasteiger partial charge in [0.05, 0.1) is 5.39 Å². The van der Waals surface area contributed by atoms with E-state index in [2.05, 4.69) is 0 Å². The van der Waals surface area contributed by atoms with E-state index in [1.807, 2.05) is 13.0 Å². The van der Waals surface area contributed by atoms with Gasteiger partial charge < -0.3 is 4.42 Å². The van der Waals surface area contributed by atoms with E-state index in [0.717, 1.165) is 5.56 Å². The van der Waals surface area contributed by atoms with Crippen LogP contribution < -0.4 is 0 Å². The zero-order chi connectivity index (χ0) is 9.42. The Morgan fingerprint density at radius 1 is 1.46 bits per heavy atom. The average molecular weight is 175 g/mol. The molecule has 1 heterocycles. The molecule has 0 radical (unpaired) electrons. The molecule has 3 heteroatoms. The molecule has 0 unspecified atom stereocenters. The fourth-order valence-electron chi connectivity index (χ4n) is 1.30. The van der Waals surface area contributed by atoms with Crippen LogP contribution in [0.15, 0.2) is 22.6 Å². The molecule has 0 spiro atoms. The molecule has 0 saturated carbocycles. The summed E-state index contributed by atoms with van der Waals surface area (Å²) in [6.07, 6.45) is 0. The van der Waals surface area contributed by atoms with E-state index in [0.29, 0.717) is 11.0 Å². The van der Waals surface area contributed by atoms with Crippen LogP contribution in [-0.4, -0.2) is 0 Å². The van der Waals surface area contributed by atoms with Gasteiger partial charge in [-0.15, -0.1) is 0 Å². The molecular weight excluding hydrogens is 169 g/mol. The third-order valence-corrected chi connectivity index (χ3v) is 1.95. The van der Waals surface area contributed by atoms with Crippen molar-refractivity contribution in [2.75, 3.05) is 0 Å². The number of hydrogen-bond donors (Lipinski definition) is 0. The Kier molecular flexibility index (Phi) is 1.56. The van der Waals surface area contributed by atoms with Crippen LogP contribution in [0, 0.1) is 24.1 Å². The smallest absolute Gasteiger partial charge is 0.240 e. The number of furan rings is 1. The highest BCUT2D eigenvalue weighted by atomic mass is 19.1. The SMILES string of the molecule is Cc1cccc2c(F)c(C#N)oc12. The molecule has 0 aliphatic heterocycles. The summed E-state index contributed by atoms with van der Waals surface area (Å²) in [4.78, 5) is 0. The fourth-order valence-corrected chi connectivity index (χ4v) is 1.30. The van der Waals surface area contributed by atoms with E-state index in [1.54, 1.807) is 18.2 Å². The summed E-state index contributed by atoms with van der Waals surface area (Å²) >= 11 is 0. The Hall–Kier alpha value is -1.82. The molecule has 0 amide bonds. The number of benzene rings is 1. The van der Waals surface area contributed by atoms with Crippen LogP contribution in [0.4, 0.5) is 4.39 Å². The summed E-state index contributed by atoms with van der Waals surface area (Å²) in [5.74, 6) is -0.814. The van der Waals surface area contributed by atoms with Gasteiger partial charge in [-0.2, -0.15) is 5.26 Å². The first-order valence-electron chi connectivity index (χ1n) is 3.81. The minimum absolute atomic E-state index is 0.246. The number of aryl methyl sites for hydroxylation is 1. The standard InChI is InChI=1S/C10H6FNO/c1-6-3-2-4-7-9(11)8(5-12)13-10(6)7/h2-4H,1H3. The Morgan fingerprint density at radius 2 is 2.23 bits per heavy atom. The maximum atomic E-state index is 13.3. The van der Waals surface area contributed by atoms with Gasteiger partial charge in [-0.25, -0.2) is 4.39 Å². The lowest BCUT2D eigenvalue weighted by atomic mass is 10.2. The van der Waals surface area contributed by atoms with Crippen molar-refractivity contribution in [1.82, 2.24) is 0 Å². The van der Waals surface area contributed by atoms with Crippen LogP contribution >= 0.6 is 0 Å². The zero-order valence-electron chi connectivity index (χ0n) is 6.97. The molecule has 0 atom stereocenters. The van der Waals surface area contributed by atoms with Crippen molar-refractivity contribution in [2.24, 2.45) is 0 Å². The summed E-state index contributed by atoms with van der Waals surface area (Å²) in [6.45, 7) is 1.81. The molecule has 0 bridgehead atoms. The van der Waals surface area contributed by atoms with Gasteiger partial charge in [0.1, 0.15) is 11.7 Å². The first-order chi connectivity index (χ1) is 6.24. The van der Waals surface area contributed by atoms with Crippen LogP contribution in [0.3, 0.4) is 0 Å². The van der Waals surface area contributed by atoms with Crippen molar-refractivity contribution in [3.05, 3.63) is 35.3 Å². The second-order valence-corrected chi connectivity index (χ2v) is 2.81. The second kappa shape index (κ2) is 2.60. The number of halogens is 1. The summed E-state index contributed by atoms with van der Waals surface area (Å²) in [5, 5.41) is 8.90. The van der Waals surface area contributed by atoms with Gasteiger partial charge in [0.15, 0.2) is 5.82 Å². The molecule has 0 fully saturated rings. The van der Waals surface area contributed by atoms with E-state index in [-0.39, 0.29) is 5.76 Å². The minimum atomic E-state index is -0.568. The lowest BCUT2D eigenvalue weighted by Gasteiger charge is -1.90. The van der Waals surface area contributed by atoms with E-state index < -0.39 is 5.82 Å². The van der Waals surface area contributed by atoms with Crippen LogP contribution in [0.5, 0.6) is 0 Å². The first-order valence-corrected chi connectivity index (χ1v) is 3.81. The maximum absolute atomic E-state index is 13.3. The normalized spacial score (nSPS) is 10.2. The highest BCUT2D eigenvalue weighted by Crippen LogP contribution is 2.25. The topological polar surface area (TPSA) is 36.9 Å². The summed E-state index contributed by atoms with van der Waals surface area (Å²) in [6, 6.07) is 6.81. The molecule has 0 aliphatic carbocycles. The van der Waals surface area contributed by atoms with E-state index in [4.69, 9.17) is 9.68 Å². The predicted octanol–water partition coefficient (Wildman–Crippen LogP) is 2.75. The number of rotatable bonds is 0. The largest absolute Gasteiger partial charge is 0.442 e. The van der Waals surface area contributed by atoms with Gasteiger partial charge in [-0.3, -0.25) is 0 Å². The van der Waals surface area contributed by atoms with Gasteiger partial charge in [0, 0.05) is 0 Å². The quantitative estimate of drug-likeness (QED) is 0.617. The van der Waals surface area contributed by atoms with Gasteiger partial charge in [0.25, 0.3) is 0 Å². The van der Waals surface area contributed by atoms with Gasteiger partial charge in [-0.1, -0.05) is 12.1 Å². The Morgan fingerprint density at radius 3 is 2.85 bits per heavy atom. The Bertz CT molecular complexity index is 507. The molecule has 2 aromatic rings. The number of fused-ring (bicyclic) bond motifs is 1. The molecule has 2 nitrogen and oxygen atoms in total. The highest BCUT2D eigenvalue weighted by Gasteiger charge is 2.13. The summed E-state index contributed by atoms with van der Waals surface area (Å²) in [7, 11) is 0. The van der Waals surface area contributed by atoms with Crippen molar-refractivity contribution in [3.8, 4) is 6.07 Å². The van der Waals surface area contributed by atoms with Gasteiger partial charge >= 0.3 is 0 Å². The molecular formula is C10H6FNO. The maximum Gasteiger partial charge on any atom is 0.240 e. The number of para-hydroxylation sites is 1. The van der Waals surface area contributed by atoms with Crippen LogP contribution in [0.1, 0.15) is 11.3 Å². The van der Waals surface area contributed by atoms with Crippen molar-refractivity contribution < 1.29 is 8.81 Å². The molecule has 0 aliphatic rings. The van der Waals surface area contributed by atoms with E-state index in [1.165, 1.54) is 0 Å².